The molecule has 0 spiro atoms. The monoisotopic (exact) mass is 624 g/mol. The van der Waals surface area contributed by atoms with Crippen molar-refractivity contribution in [2.75, 3.05) is 6.61 Å². The first-order chi connectivity index (χ1) is 21.6. The number of aliphatic hydroxyl groups excluding tert-OH is 3. The highest BCUT2D eigenvalue weighted by molar-refractivity contribution is 5.80. The van der Waals surface area contributed by atoms with E-state index in [9.17, 15) is 20.1 Å². The number of allylic oxidation sites excluding steroid dienone is 2. The van der Waals surface area contributed by atoms with Gasteiger partial charge in [-0.25, -0.2) is 0 Å². The molecule has 0 aliphatic carbocycles. The van der Waals surface area contributed by atoms with Crippen molar-refractivity contribution in [1.82, 2.24) is 5.32 Å². The summed E-state index contributed by atoms with van der Waals surface area (Å²) in [6, 6.07) is -0.711. The third-order valence-electron chi connectivity index (χ3n) is 9.13. The zero-order chi connectivity index (χ0) is 32.4. The maximum Gasteiger partial charge on any atom is 0.249 e. The molecule has 0 saturated heterocycles. The predicted molar refractivity (Wildman–Crippen MR) is 190 cm³/mol. The SMILES string of the molecule is CCCC/C=C\CCCCCCC(O)C(=O)NC(CO)C(O)CCCCCCCCCCCCCCCCCCCCCC. The van der Waals surface area contributed by atoms with Gasteiger partial charge in [-0.2, -0.15) is 0 Å². The summed E-state index contributed by atoms with van der Waals surface area (Å²) in [5, 5.41) is 33.1. The summed E-state index contributed by atoms with van der Waals surface area (Å²) in [5.74, 6) is -0.481. The Kier molecular flexibility index (Phi) is 34.2. The minimum atomic E-state index is -1.08. The van der Waals surface area contributed by atoms with Crippen LogP contribution >= 0.6 is 0 Å². The van der Waals surface area contributed by atoms with Crippen LogP contribution in [0.2, 0.25) is 0 Å². The average Bonchev–Trinajstić information content (AvgIpc) is 3.03. The fourth-order valence-electron chi connectivity index (χ4n) is 5.99. The maximum absolute atomic E-state index is 12.4. The van der Waals surface area contributed by atoms with E-state index in [4.69, 9.17) is 0 Å². The highest BCUT2D eigenvalue weighted by Gasteiger charge is 2.23. The first kappa shape index (κ1) is 43.1. The molecule has 0 aliphatic rings. The number of aliphatic hydroxyl groups is 3. The summed E-state index contributed by atoms with van der Waals surface area (Å²) in [6.07, 6.45) is 39.2. The van der Waals surface area contributed by atoms with Gasteiger partial charge >= 0.3 is 0 Å². The third-order valence-corrected chi connectivity index (χ3v) is 9.13. The standard InChI is InChI=1S/C39H77NO4/c1-3-5-7-9-11-13-15-16-17-18-19-20-21-22-23-24-26-27-29-31-33-37(42)36(35-41)40-39(44)38(43)34-32-30-28-25-14-12-10-8-6-4-2/h10,12,36-38,41-43H,3-9,11,13-35H2,1-2H3,(H,40,44)/b12-10-. The fourth-order valence-corrected chi connectivity index (χ4v) is 5.99. The van der Waals surface area contributed by atoms with Crippen LogP contribution in [0.15, 0.2) is 12.2 Å². The van der Waals surface area contributed by atoms with Crippen molar-refractivity contribution in [3.05, 3.63) is 12.2 Å². The maximum atomic E-state index is 12.4. The van der Waals surface area contributed by atoms with E-state index in [2.05, 4.69) is 31.3 Å². The molecular weight excluding hydrogens is 546 g/mol. The van der Waals surface area contributed by atoms with Crippen LogP contribution < -0.4 is 5.32 Å². The quantitative estimate of drug-likeness (QED) is 0.0418. The number of hydrogen-bond acceptors (Lipinski definition) is 4. The van der Waals surface area contributed by atoms with Crippen molar-refractivity contribution in [3.63, 3.8) is 0 Å². The van der Waals surface area contributed by atoms with Gasteiger partial charge in [0.1, 0.15) is 6.10 Å². The van der Waals surface area contributed by atoms with E-state index in [1.807, 2.05) is 0 Å². The Hall–Kier alpha value is -0.910. The van der Waals surface area contributed by atoms with Crippen molar-refractivity contribution in [1.29, 1.82) is 0 Å². The van der Waals surface area contributed by atoms with E-state index in [1.54, 1.807) is 0 Å². The molecule has 3 unspecified atom stereocenters. The molecule has 262 valence electrons. The molecule has 0 fully saturated rings. The largest absolute Gasteiger partial charge is 0.394 e. The molecule has 0 aromatic heterocycles. The smallest absolute Gasteiger partial charge is 0.249 e. The van der Waals surface area contributed by atoms with Gasteiger partial charge in [-0.05, 0) is 32.1 Å². The second-order valence-corrected chi connectivity index (χ2v) is 13.5. The van der Waals surface area contributed by atoms with Gasteiger partial charge in [0.15, 0.2) is 0 Å². The Morgan fingerprint density at radius 1 is 0.523 bits per heavy atom. The van der Waals surface area contributed by atoms with E-state index in [-0.39, 0.29) is 6.61 Å². The summed E-state index contributed by atoms with van der Waals surface area (Å²) in [4.78, 5) is 12.4. The predicted octanol–water partition coefficient (Wildman–Crippen LogP) is 10.5. The minimum absolute atomic E-state index is 0.315. The topological polar surface area (TPSA) is 89.8 Å². The summed E-state index contributed by atoms with van der Waals surface area (Å²) in [7, 11) is 0. The lowest BCUT2D eigenvalue weighted by Crippen LogP contribution is -2.49. The second-order valence-electron chi connectivity index (χ2n) is 13.5. The molecule has 1 amide bonds. The van der Waals surface area contributed by atoms with Crippen molar-refractivity contribution < 1.29 is 20.1 Å². The molecular formula is C39H77NO4. The highest BCUT2D eigenvalue weighted by Crippen LogP contribution is 2.16. The molecule has 5 heteroatoms. The summed E-state index contributed by atoms with van der Waals surface area (Å²) in [6.45, 7) is 4.18. The van der Waals surface area contributed by atoms with Crippen molar-refractivity contribution >= 4 is 5.91 Å². The van der Waals surface area contributed by atoms with Gasteiger partial charge in [-0.15, -0.1) is 0 Å². The number of rotatable bonds is 35. The van der Waals surface area contributed by atoms with E-state index in [1.165, 1.54) is 135 Å². The molecule has 0 bridgehead atoms. The summed E-state index contributed by atoms with van der Waals surface area (Å²) in [5.41, 5.74) is 0. The number of carbonyl (C=O) groups is 1. The first-order valence-electron chi connectivity index (χ1n) is 19.5. The van der Waals surface area contributed by atoms with E-state index < -0.39 is 24.2 Å². The summed E-state index contributed by atoms with van der Waals surface area (Å²) >= 11 is 0. The van der Waals surface area contributed by atoms with Crippen molar-refractivity contribution in [3.8, 4) is 0 Å². The van der Waals surface area contributed by atoms with Crippen LogP contribution in [0, 0.1) is 0 Å². The van der Waals surface area contributed by atoms with Gasteiger partial charge in [0.05, 0.1) is 18.8 Å². The van der Waals surface area contributed by atoms with Gasteiger partial charge in [0.2, 0.25) is 5.91 Å². The molecule has 0 saturated carbocycles. The van der Waals surface area contributed by atoms with Crippen molar-refractivity contribution in [2.24, 2.45) is 0 Å². The molecule has 0 heterocycles. The lowest BCUT2D eigenvalue weighted by molar-refractivity contribution is -0.131. The Morgan fingerprint density at radius 2 is 0.886 bits per heavy atom. The van der Waals surface area contributed by atoms with Crippen LogP contribution in [-0.4, -0.2) is 46.1 Å². The Morgan fingerprint density at radius 3 is 1.32 bits per heavy atom. The van der Waals surface area contributed by atoms with Crippen molar-refractivity contribution in [2.45, 2.75) is 225 Å². The van der Waals surface area contributed by atoms with Gasteiger partial charge < -0.3 is 20.6 Å². The minimum Gasteiger partial charge on any atom is -0.394 e. The molecule has 0 rings (SSSR count). The molecule has 4 N–H and O–H groups in total. The van der Waals surface area contributed by atoms with Gasteiger partial charge in [-0.1, -0.05) is 187 Å². The number of amides is 1. The number of unbranched alkanes of at least 4 members (excludes halogenated alkanes) is 25. The van der Waals surface area contributed by atoms with Crippen LogP contribution in [0.4, 0.5) is 0 Å². The third kappa shape index (κ3) is 29.8. The Bertz CT molecular complexity index is 611. The van der Waals surface area contributed by atoms with E-state index >= 15 is 0 Å². The van der Waals surface area contributed by atoms with Crippen LogP contribution in [-0.2, 0) is 4.79 Å². The zero-order valence-corrected chi connectivity index (χ0v) is 29.6. The number of hydrogen-bond donors (Lipinski definition) is 4. The molecule has 44 heavy (non-hydrogen) atoms. The van der Waals surface area contributed by atoms with Crippen LogP contribution in [0.1, 0.15) is 206 Å². The van der Waals surface area contributed by atoms with Crippen LogP contribution in [0.5, 0.6) is 0 Å². The Labute approximate surface area is 274 Å². The molecule has 0 radical (unpaired) electrons. The molecule has 3 atom stereocenters. The molecule has 0 aromatic rings. The molecule has 0 aromatic carbocycles. The fraction of sp³-hybridized carbons (Fsp3) is 0.923. The Balaban J connectivity index is 3.60. The van der Waals surface area contributed by atoms with Crippen LogP contribution in [0.25, 0.3) is 0 Å². The van der Waals surface area contributed by atoms with Gasteiger partial charge in [0, 0.05) is 0 Å². The number of nitrogens with one attached hydrogen (secondary N) is 1. The van der Waals surface area contributed by atoms with E-state index in [0.717, 1.165) is 44.9 Å². The molecule has 0 aliphatic heterocycles. The zero-order valence-electron chi connectivity index (χ0n) is 29.6. The lowest BCUT2D eigenvalue weighted by Gasteiger charge is -2.23. The lowest BCUT2D eigenvalue weighted by atomic mass is 10.0. The number of carbonyl (C=O) groups excluding carboxylic acids is 1. The second kappa shape index (κ2) is 35.0. The highest BCUT2D eigenvalue weighted by atomic mass is 16.3. The molecule has 5 nitrogen and oxygen atoms in total. The summed E-state index contributed by atoms with van der Waals surface area (Å²) < 4.78 is 0. The van der Waals surface area contributed by atoms with E-state index in [0.29, 0.717) is 12.8 Å². The van der Waals surface area contributed by atoms with Crippen LogP contribution in [0.3, 0.4) is 0 Å². The first-order valence-corrected chi connectivity index (χ1v) is 19.5. The normalized spacial score (nSPS) is 13.8. The van der Waals surface area contributed by atoms with Gasteiger partial charge in [-0.3, -0.25) is 4.79 Å². The van der Waals surface area contributed by atoms with Gasteiger partial charge in [0.25, 0.3) is 0 Å². The average molecular weight is 624 g/mol.